The lowest BCUT2D eigenvalue weighted by atomic mass is 10.1. The highest BCUT2D eigenvalue weighted by Gasteiger charge is 2.15. The van der Waals surface area contributed by atoms with E-state index < -0.39 is 17.8 Å². The molecule has 2 aromatic rings. The highest BCUT2D eigenvalue weighted by Crippen LogP contribution is 2.18. The Kier molecular flexibility index (Phi) is 6.10. The number of aliphatic hydroxyl groups is 1. The van der Waals surface area contributed by atoms with Crippen LogP contribution in [0, 0.1) is 0 Å². The van der Waals surface area contributed by atoms with Crippen LogP contribution >= 0.6 is 0 Å². The first-order valence-electron chi connectivity index (χ1n) is 7.53. The monoisotopic (exact) mass is 355 g/mol. The smallest absolute Gasteiger partial charge is 0.337 e. The van der Waals surface area contributed by atoms with Crippen LogP contribution in [0.5, 0.6) is 0 Å². The number of rotatable bonds is 5. The van der Waals surface area contributed by atoms with Gasteiger partial charge in [-0.05, 0) is 18.2 Å². The Morgan fingerprint density at radius 2 is 1.42 bits per heavy atom. The molecule has 0 aromatic heterocycles. The van der Waals surface area contributed by atoms with E-state index >= 15 is 0 Å². The van der Waals surface area contributed by atoms with E-state index in [0.29, 0.717) is 5.56 Å². The zero-order valence-electron chi connectivity index (χ0n) is 14.2. The molecule has 1 amide bonds. The van der Waals surface area contributed by atoms with Crippen molar-refractivity contribution < 1.29 is 29.0 Å². The van der Waals surface area contributed by atoms with Crippen molar-refractivity contribution in [1.29, 1.82) is 0 Å². The number of esters is 2. The Morgan fingerprint density at radius 1 is 0.885 bits per heavy atom. The minimum atomic E-state index is -0.672. The molecule has 26 heavy (non-hydrogen) atoms. The number of methoxy groups -OCH3 is 2. The van der Waals surface area contributed by atoms with Gasteiger partial charge in [0.2, 0.25) is 0 Å². The lowest BCUT2D eigenvalue weighted by molar-refractivity contribution is -0.111. The van der Waals surface area contributed by atoms with Gasteiger partial charge in [-0.3, -0.25) is 4.79 Å². The fraction of sp³-hybridized carbons (Fsp3) is 0.105. The van der Waals surface area contributed by atoms with E-state index in [1.165, 1.54) is 32.4 Å². The van der Waals surface area contributed by atoms with Gasteiger partial charge in [-0.15, -0.1) is 0 Å². The summed E-state index contributed by atoms with van der Waals surface area (Å²) in [6.45, 7) is 0. The average Bonchev–Trinajstić information content (AvgIpc) is 2.66. The molecule has 0 bridgehead atoms. The SMILES string of the molecule is COC(=O)c1cc(NC(=O)/C=C(/O)c2ccccc2)cc(C(=O)OC)c1. The first-order chi connectivity index (χ1) is 12.4. The number of anilines is 1. The molecule has 0 heterocycles. The summed E-state index contributed by atoms with van der Waals surface area (Å²) in [5, 5.41) is 12.5. The Labute approximate surface area is 149 Å². The summed E-state index contributed by atoms with van der Waals surface area (Å²) in [6, 6.07) is 12.5. The van der Waals surface area contributed by atoms with Crippen LogP contribution in [-0.4, -0.2) is 37.2 Å². The highest BCUT2D eigenvalue weighted by molar-refractivity contribution is 6.05. The molecule has 0 aliphatic heterocycles. The predicted octanol–water partition coefficient (Wildman–Crippen LogP) is 2.80. The van der Waals surface area contributed by atoms with E-state index in [4.69, 9.17) is 0 Å². The van der Waals surface area contributed by atoms with Crippen molar-refractivity contribution in [3.8, 4) is 0 Å². The lowest BCUT2D eigenvalue weighted by Crippen LogP contribution is -2.12. The van der Waals surface area contributed by atoms with Crippen LogP contribution in [0.3, 0.4) is 0 Å². The summed E-state index contributed by atoms with van der Waals surface area (Å²) in [5.74, 6) is -2.20. The van der Waals surface area contributed by atoms with Crippen molar-refractivity contribution in [3.05, 3.63) is 71.3 Å². The molecule has 0 atom stereocenters. The minimum absolute atomic E-state index is 0.0713. The normalized spacial score (nSPS) is 10.8. The van der Waals surface area contributed by atoms with Gasteiger partial charge in [0.15, 0.2) is 0 Å². The van der Waals surface area contributed by atoms with Crippen LogP contribution in [-0.2, 0) is 14.3 Å². The van der Waals surface area contributed by atoms with Crippen molar-refractivity contribution in [2.75, 3.05) is 19.5 Å². The maximum Gasteiger partial charge on any atom is 0.337 e. The molecule has 0 spiro atoms. The van der Waals surface area contributed by atoms with E-state index in [2.05, 4.69) is 14.8 Å². The number of benzene rings is 2. The molecule has 0 unspecified atom stereocenters. The number of carbonyl (C=O) groups excluding carboxylic acids is 3. The Bertz CT molecular complexity index is 823. The van der Waals surface area contributed by atoms with Gasteiger partial charge in [0.05, 0.1) is 25.3 Å². The Morgan fingerprint density at radius 3 is 1.92 bits per heavy atom. The zero-order chi connectivity index (χ0) is 19.1. The molecule has 7 nitrogen and oxygen atoms in total. The number of carbonyl (C=O) groups is 3. The molecule has 0 aliphatic rings. The van der Waals surface area contributed by atoms with E-state index in [1.54, 1.807) is 30.3 Å². The second-order valence-corrected chi connectivity index (χ2v) is 5.17. The molecule has 0 saturated carbocycles. The molecular weight excluding hydrogens is 338 g/mol. The van der Waals surface area contributed by atoms with Gasteiger partial charge >= 0.3 is 11.9 Å². The molecule has 0 aliphatic carbocycles. The van der Waals surface area contributed by atoms with Crippen molar-refractivity contribution >= 4 is 29.3 Å². The fourth-order valence-electron chi connectivity index (χ4n) is 2.17. The maximum atomic E-state index is 12.1. The van der Waals surface area contributed by atoms with Gasteiger partial charge in [-0.25, -0.2) is 9.59 Å². The van der Waals surface area contributed by atoms with Gasteiger partial charge in [-0.1, -0.05) is 30.3 Å². The van der Waals surface area contributed by atoms with Crippen LogP contribution < -0.4 is 5.32 Å². The van der Waals surface area contributed by atoms with Crippen molar-refractivity contribution in [1.82, 2.24) is 0 Å². The van der Waals surface area contributed by atoms with Gasteiger partial charge in [-0.2, -0.15) is 0 Å². The van der Waals surface area contributed by atoms with Crippen LogP contribution in [0.15, 0.2) is 54.6 Å². The number of amides is 1. The highest BCUT2D eigenvalue weighted by atomic mass is 16.5. The summed E-state index contributed by atoms with van der Waals surface area (Å²) in [7, 11) is 2.40. The summed E-state index contributed by atoms with van der Waals surface area (Å²) < 4.78 is 9.26. The quantitative estimate of drug-likeness (QED) is 0.486. The third kappa shape index (κ3) is 4.70. The maximum absolute atomic E-state index is 12.1. The first kappa shape index (κ1) is 18.7. The first-order valence-corrected chi connectivity index (χ1v) is 7.53. The number of ether oxygens (including phenoxy) is 2. The third-order valence-electron chi connectivity index (χ3n) is 3.38. The molecule has 7 heteroatoms. The van der Waals surface area contributed by atoms with Crippen LogP contribution in [0.4, 0.5) is 5.69 Å². The van der Waals surface area contributed by atoms with Gasteiger partial charge < -0.3 is 19.9 Å². The molecular formula is C19H17NO6. The van der Waals surface area contributed by atoms with Crippen molar-refractivity contribution in [2.24, 2.45) is 0 Å². The molecule has 0 fully saturated rings. The largest absolute Gasteiger partial charge is 0.507 e. The fourth-order valence-corrected chi connectivity index (χ4v) is 2.17. The van der Waals surface area contributed by atoms with Crippen LogP contribution in [0.25, 0.3) is 5.76 Å². The summed E-state index contributed by atoms with van der Waals surface area (Å²) in [5.41, 5.74) is 0.792. The standard InChI is InChI=1S/C19H17NO6/c1-25-18(23)13-8-14(19(24)26-2)10-15(9-13)20-17(22)11-16(21)12-6-4-3-5-7-12/h3-11,21H,1-2H3,(H,20,22)/b16-11+. The molecule has 0 saturated heterocycles. The predicted molar refractivity (Wildman–Crippen MR) is 94.8 cm³/mol. The van der Waals surface area contributed by atoms with Gasteiger partial charge in [0.25, 0.3) is 5.91 Å². The van der Waals surface area contributed by atoms with Gasteiger partial charge in [0.1, 0.15) is 5.76 Å². The second kappa shape index (κ2) is 8.48. The van der Waals surface area contributed by atoms with Gasteiger partial charge in [0, 0.05) is 17.3 Å². The number of nitrogens with one attached hydrogen (secondary N) is 1. The second-order valence-electron chi connectivity index (χ2n) is 5.17. The topological polar surface area (TPSA) is 102 Å². The number of hydrogen-bond acceptors (Lipinski definition) is 6. The molecule has 0 radical (unpaired) electrons. The lowest BCUT2D eigenvalue weighted by Gasteiger charge is -2.08. The van der Waals surface area contributed by atoms with E-state index in [1.807, 2.05) is 0 Å². The molecule has 2 rings (SSSR count). The Balaban J connectivity index is 2.28. The third-order valence-corrected chi connectivity index (χ3v) is 3.38. The number of aliphatic hydroxyl groups excluding tert-OH is 1. The van der Waals surface area contributed by atoms with Crippen molar-refractivity contribution in [2.45, 2.75) is 0 Å². The zero-order valence-corrected chi connectivity index (χ0v) is 14.2. The number of hydrogen-bond donors (Lipinski definition) is 2. The van der Waals surface area contributed by atoms with Crippen LogP contribution in [0.1, 0.15) is 26.3 Å². The summed E-state index contributed by atoms with van der Waals surface area (Å²) in [4.78, 5) is 35.6. The average molecular weight is 355 g/mol. The van der Waals surface area contributed by atoms with Crippen molar-refractivity contribution in [3.63, 3.8) is 0 Å². The summed E-state index contributed by atoms with van der Waals surface area (Å²) in [6.07, 6.45) is 0.998. The molecule has 2 aromatic carbocycles. The Hall–Kier alpha value is -3.61. The van der Waals surface area contributed by atoms with E-state index in [9.17, 15) is 19.5 Å². The van der Waals surface area contributed by atoms with E-state index in [-0.39, 0.29) is 22.6 Å². The molecule has 2 N–H and O–H groups in total. The van der Waals surface area contributed by atoms with Crippen LogP contribution in [0.2, 0.25) is 0 Å². The van der Waals surface area contributed by atoms with E-state index in [0.717, 1.165) is 6.08 Å². The minimum Gasteiger partial charge on any atom is -0.507 e. The molecule has 134 valence electrons. The summed E-state index contributed by atoms with van der Waals surface area (Å²) >= 11 is 0.